The van der Waals surface area contributed by atoms with Gasteiger partial charge in [-0.05, 0) is 12.1 Å². The zero-order chi connectivity index (χ0) is 17.8. The van der Waals surface area contributed by atoms with Crippen molar-refractivity contribution >= 4 is 11.8 Å². The van der Waals surface area contributed by atoms with Crippen LogP contribution in [0.4, 0.5) is 16.2 Å². The summed E-state index contributed by atoms with van der Waals surface area (Å²) in [5, 5.41) is 3.06. The van der Waals surface area contributed by atoms with Crippen molar-refractivity contribution in [2.75, 3.05) is 36.5 Å². The molecule has 2 aromatic heterocycles. The lowest BCUT2D eigenvalue weighted by Crippen LogP contribution is -2.37. The van der Waals surface area contributed by atoms with Crippen LogP contribution in [0.3, 0.4) is 0 Å². The number of oxazole rings is 1. The maximum Gasteiger partial charge on any atom is 0.226 e. The third kappa shape index (κ3) is 3.65. The largest absolute Gasteiger partial charge is 0.444 e. The molecule has 4 rings (SSSR count). The number of hydrogen-bond donors (Lipinski definition) is 1. The Labute approximate surface area is 149 Å². The average molecular weight is 355 g/mol. The number of rotatable bonds is 5. The highest BCUT2D eigenvalue weighted by Crippen LogP contribution is 2.20. The summed E-state index contributed by atoms with van der Waals surface area (Å²) in [6.45, 7) is 2.72. The first kappa shape index (κ1) is 16.5. The Hall–Kier alpha value is -3.00. The third-order valence-corrected chi connectivity index (χ3v) is 4.04. The van der Waals surface area contributed by atoms with Gasteiger partial charge in [-0.3, -0.25) is 0 Å². The molecule has 1 N–H and O–H groups in total. The Morgan fingerprint density at radius 2 is 1.92 bits per heavy atom. The van der Waals surface area contributed by atoms with E-state index in [2.05, 4.69) is 20.3 Å². The minimum atomic E-state index is -0.440. The lowest BCUT2D eigenvalue weighted by Gasteiger charge is -2.28. The molecule has 0 radical (unpaired) electrons. The standard InChI is InChI=1S/C18H18FN5O2/c19-15-11-21-18(23-16(15)24-6-8-25-9-7-24)20-10-14-12-26-17(22-14)13-4-2-1-3-5-13/h1-5,11-12H,6-10H2,(H,20,21,23). The molecule has 0 saturated carbocycles. The molecule has 0 unspecified atom stereocenters. The van der Waals surface area contributed by atoms with E-state index in [4.69, 9.17) is 9.15 Å². The van der Waals surface area contributed by atoms with Gasteiger partial charge in [0, 0.05) is 18.7 Å². The van der Waals surface area contributed by atoms with Crippen LogP contribution < -0.4 is 10.2 Å². The molecule has 1 fully saturated rings. The van der Waals surface area contributed by atoms with Crippen LogP contribution in [-0.2, 0) is 11.3 Å². The molecule has 0 atom stereocenters. The molecule has 0 aliphatic carbocycles. The van der Waals surface area contributed by atoms with E-state index in [0.717, 1.165) is 5.56 Å². The summed E-state index contributed by atoms with van der Waals surface area (Å²) >= 11 is 0. The zero-order valence-corrected chi connectivity index (χ0v) is 14.1. The molecule has 0 spiro atoms. The van der Waals surface area contributed by atoms with Crippen molar-refractivity contribution in [1.29, 1.82) is 0 Å². The SMILES string of the molecule is Fc1cnc(NCc2coc(-c3ccccc3)n2)nc1N1CCOCC1. The Kier molecular flexibility index (Phi) is 4.74. The second-order valence-corrected chi connectivity index (χ2v) is 5.83. The predicted octanol–water partition coefficient (Wildman–Crippen LogP) is 2.72. The summed E-state index contributed by atoms with van der Waals surface area (Å²) in [5.74, 6) is 0.745. The van der Waals surface area contributed by atoms with Crippen LogP contribution in [0, 0.1) is 5.82 Å². The van der Waals surface area contributed by atoms with Crippen LogP contribution in [-0.4, -0.2) is 41.3 Å². The highest BCUT2D eigenvalue weighted by Gasteiger charge is 2.18. The van der Waals surface area contributed by atoms with Gasteiger partial charge in [0.2, 0.25) is 11.8 Å². The third-order valence-electron chi connectivity index (χ3n) is 4.04. The molecule has 0 amide bonds. The van der Waals surface area contributed by atoms with E-state index in [1.165, 1.54) is 6.20 Å². The molecule has 1 saturated heterocycles. The minimum absolute atomic E-state index is 0.288. The van der Waals surface area contributed by atoms with Crippen molar-refractivity contribution in [3.8, 4) is 11.5 Å². The van der Waals surface area contributed by atoms with E-state index in [9.17, 15) is 4.39 Å². The molecule has 1 aromatic carbocycles. The van der Waals surface area contributed by atoms with Crippen LogP contribution in [0.2, 0.25) is 0 Å². The van der Waals surface area contributed by atoms with Crippen LogP contribution in [0.15, 0.2) is 47.2 Å². The number of benzene rings is 1. The summed E-state index contributed by atoms with van der Waals surface area (Å²) in [6, 6.07) is 9.66. The Morgan fingerprint density at radius 3 is 2.73 bits per heavy atom. The summed E-state index contributed by atoms with van der Waals surface area (Å²) < 4.78 is 24.8. The van der Waals surface area contributed by atoms with Crippen molar-refractivity contribution in [2.24, 2.45) is 0 Å². The van der Waals surface area contributed by atoms with Crippen LogP contribution >= 0.6 is 0 Å². The predicted molar refractivity (Wildman–Crippen MR) is 94.3 cm³/mol. The fraction of sp³-hybridized carbons (Fsp3) is 0.278. The first-order chi connectivity index (χ1) is 12.8. The van der Waals surface area contributed by atoms with Gasteiger partial charge in [-0.2, -0.15) is 4.98 Å². The average Bonchev–Trinajstić information content (AvgIpc) is 3.18. The fourth-order valence-corrected chi connectivity index (χ4v) is 2.71. The van der Waals surface area contributed by atoms with E-state index >= 15 is 0 Å². The zero-order valence-electron chi connectivity index (χ0n) is 14.1. The van der Waals surface area contributed by atoms with Gasteiger partial charge in [-0.1, -0.05) is 18.2 Å². The van der Waals surface area contributed by atoms with E-state index in [-0.39, 0.29) is 5.82 Å². The van der Waals surface area contributed by atoms with E-state index in [0.29, 0.717) is 50.4 Å². The minimum Gasteiger partial charge on any atom is -0.444 e. The number of nitrogens with one attached hydrogen (secondary N) is 1. The Morgan fingerprint density at radius 1 is 1.12 bits per heavy atom. The molecule has 8 heteroatoms. The van der Waals surface area contributed by atoms with Crippen LogP contribution in [0.1, 0.15) is 5.69 Å². The van der Waals surface area contributed by atoms with Crippen molar-refractivity contribution in [1.82, 2.24) is 15.0 Å². The summed E-state index contributed by atoms with van der Waals surface area (Å²) in [4.78, 5) is 14.6. The van der Waals surface area contributed by atoms with Gasteiger partial charge < -0.3 is 19.4 Å². The maximum atomic E-state index is 14.0. The molecular weight excluding hydrogens is 337 g/mol. The van der Waals surface area contributed by atoms with Crippen LogP contribution in [0.25, 0.3) is 11.5 Å². The van der Waals surface area contributed by atoms with Crippen molar-refractivity contribution in [3.05, 3.63) is 54.3 Å². The Bertz CT molecular complexity index is 865. The number of ether oxygens (including phenoxy) is 1. The van der Waals surface area contributed by atoms with Crippen LogP contribution in [0.5, 0.6) is 0 Å². The van der Waals surface area contributed by atoms with E-state index in [1.54, 1.807) is 6.26 Å². The molecule has 134 valence electrons. The van der Waals surface area contributed by atoms with E-state index in [1.807, 2.05) is 35.2 Å². The van der Waals surface area contributed by atoms with Gasteiger partial charge in [0.05, 0.1) is 31.6 Å². The molecule has 1 aliphatic rings. The first-order valence-electron chi connectivity index (χ1n) is 8.38. The lowest BCUT2D eigenvalue weighted by atomic mass is 10.2. The molecule has 3 heterocycles. The first-order valence-corrected chi connectivity index (χ1v) is 8.38. The molecule has 7 nitrogen and oxygen atoms in total. The number of morpholine rings is 1. The van der Waals surface area contributed by atoms with Gasteiger partial charge in [-0.25, -0.2) is 14.4 Å². The maximum absolute atomic E-state index is 14.0. The molecule has 26 heavy (non-hydrogen) atoms. The van der Waals surface area contributed by atoms with Crippen molar-refractivity contribution in [3.63, 3.8) is 0 Å². The number of aromatic nitrogens is 3. The summed E-state index contributed by atoms with van der Waals surface area (Å²) in [6.07, 6.45) is 2.76. The monoisotopic (exact) mass is 355 g/mol. The second-order valence-electron chi connectivity index (χ2n) is 5.83. The highest BCUT2D eigenvalue weighted by molar-refractivity contribution is 5.52. The number of anilines is 2. The topological polar surface area (TPSA) is 76.3 Å². The lowest BCUT2D eigenvalue weighted by molar-refractivity contribution is 0.122. The highest BCUT2D eigenvalue weighted by atomic mass is 19.1. The molecule has 1 aliphatic heterocycles. The molecular formula is C18H18FN5O2. The summed E-state index contributed by atoms with van der Waals surface area (Å²) in [5.41, 5.74) is 1.62. The summed E-state index contributed by atoms with van der Waals surface area (Å²) in [7, 11) is 0. The van der Waals surface area contributed by atoms with Gasteiger partial charge >= 0.3 is 0 Å². The number of nitrogens with zero attached hydrogens (tertiary/aromatic N) is 4. The van der Waals surface area contributed by atoms with Crippen molar-refractivity contribution in [2.45, 2.75) is 6.54 Å². The van der Waals surface area contributed by atoms with Gasteiger partial charge in [0.25, 0.3) is 0 Å². The fourth-order valence-electron chi connectivity index (χ4n) is 2.71. The van der Waals surface area contributed by atoms with Gasteiger partial charge in [-0.15, -0.1) is 0 Å². The molecule has 3 aromatic rings. The van der Waals surface area contributed by atoms with Crippen molar-refractivity contribution < 1.29 is 13.5 Å². The van der Waals surface area contributed by atoms with Gasteiger partial charge in [0.15, 0.2) is 11.6 Å². The Balaban J connectivity index is 1.44. The second kappa shape index (κ2) is 7.49. The van der Waals surface area contributed by atoms with Gasteiger partial charge in [0.1, 0.15) is 6.26 Å². The quantitative estimate of drug-likeness (QED) is 0.754. The number of hydrogen-bond acceptors (Lipinski definition) is 7. The van der Waals surface area contributed by atoms with E-state index < -0.39 is 5.82 Å². The molecule has 0 bridgehead atoms. The number of halogens is 1. The normalized spacial score (nSPS) is 14.4. The smallest absolute Gasteiger partial charge is 0.226 e.